The maximum atomic E-state index is 13.7. The summed E-state index contributed by atoms with van der Waals surface area (Å²) in [6, 6.07) is 23.4. The van der Waals surface area contributed by atoms with E-state index in [0.717, 1.165) is 11.1 Å². The summed E-state index contributed by atoms with van der Waals surface area (Å²) < 4.78 is 54.1. The van der Waals surface area contributed by atoms with Crippen LogP contribution in [0.5, 0.6) is 0 Å². The third-order valence-electron chi connectivity index (χ3n) is 5.71. The van der Waals surface area contributed by atoms with Crippen LogP contribution in [0.1, 0.15) is 11.1 Å². The highest BCUT2D eigenvalue weighted by atomic mass is 35.5. The number of hydrogen-bond donors (Lipinski definition) is 1. The molecule has 1 aliphatic heterocycles. The largest absolute Gasteiger partial charge is 0.307 e. The molecule has 1 saturated heterocycles. The van der Waals surface area contributed by atoms with Gasteiger partial charge in [-0.3, -0.25) is 0 Å². The van der Waals surface area contributed by atoms with Crippen molar-refractivity contribution in [3.05, 3.63) is 101 Å². The van der Waals surface area contributed by atoms with E-state index >= 15 is 0 Å². The predicted molar refractivity (Wildman–Crippen MR) is 130 cm³/mol. The SMILES string of the molecule is O=S1(=O)C[C@@H](NCc2ccccc2)[C@@H](N(Cc2ccccc2)S(=O)(=O)c2ccc(Cl)cc2)C1. The van der Waals surface area contributed by atoms with Gasteiger partial charge in [0.25, 0.3) is 0 Å². The molecule has 1 fully saturated rings. The number of sulfone groups is 1. The van der Waals surface area contributed by atoms with E-state index < -0.39 is 31.9 Å². The summed E-state index contributed by atoms with van der Waals surface area (Å²) in [5, 5.41) is 3.72. The van der Waals surface area contributed by atoms with Gasteiger partial charge in [-0.15, -0.1) is 0 Å². The van der Waals surface area contributed by atoms with Crippen molar-refractivity contribution < 1.29 is 16.8 Å². The molecule has 0 radical (unpaired) electrons. The first-order valence-corrected chi connectivity index (χ1v) is 14.2. The highest BCUT2D eigenvalue weighted by Gasteiger charge is 2.45. The van der Waals surface area contributed by atoms with Crippen molar-refractivity contribution in [2.45, 2.75) is 30.1 Å². The van der Waals surface area contributed by atoms with Gasteiger partial charge in [-0.1, -0.05) is 72.3 Å². The summed E-state index contributed by atoms with van der Waals surface area (Å²) in [4.78, 5) is 0.0777. The molecule has 1 aliphatic rings. The third kappa shape index (κ3) is 5.83. The maximum absolute atomic E-state index is 13.7. The number of hydrogen-bond acceptors (Lipinski definition) is 5. The Hall–Kier alpha value is -2.23. The molecule has 0 bridgehead atoms. The van der Waals surface area contributed by atoms with E-state index in [1.165, 1.54) is 28.6 Å². The molecule has 4 rings (SSSR count). The lowest BCUT2D eigenvalue weighted by atomic mass is 10.1. The van der Waals surface area contributed by atoms with Crippen LogP contribution in [0.3, 0.4) is 0 Å². The lowest BCUT2D eigenvalue weighted by molar-refractivity contribution is 0.286. The smallest absolute Gasteiger partial charge is 0.243 e. The monoisotopic (exact) mass is 504 g/mol. The number of halogens is 1. The second-order valence-corrected chi connectivity index (χ2v) is 12.6. The van der Waals surface area contributed by atoms with Crippen molar-refractivity contribution in [2.75, 3.05) is 11.5 Å². The Morgan fingerprint density at radius 1 is 0.848 bits per heavy atom. The zero-order valence-electron chi connectivity index (χ0n) is 17.8. The Labute approximate surface area is 200 Å². The molecule has 1 N–H and O–H groups in total. The van der Waals surface area contributed by atoms with Crippen molar-refractivity contribution in [1.82, 2.24) is 9.62 Å². The highest BCUT2D eigenvalue weighted by molar-refractivity contribution is 7.92. The molecule has 1 heterocycles. The highest BCUT2D eigenvalue weighted by Crippen LogP contribution is 2.28. The summed E-state index contributed by atoms with van der Waals surface area (Å²) in [6.45, 7) is 0.507. The Morgan fingerprint density at radius 2 is 1.42 bits per heavy atom. The van der Waals surface area contributed by atoms with Gasteiger partial charge < -0.3 is 5.32 Å². The molecule has 0 aliphatic carbocycles. The predicted octanol–water partition coefficient (Wildman–Crippen LogP) is 3.49. The molecule has 0 spiro atoms. The van der Waals surface area contributed by atoms with Crippen molar-refractivity contribution >= 4 is 31.5 Å². The molecular formula is C24H25ClN2O4S2. The number of sulfonamides is 1. The summed E-state index contributed by atoms with van der Waals surface area (Å²) in [5.74, 6) is -0.356. The second kappa shape index (κ2) is 9.95. The molecule has 6 nitrogen and oxygen atoms in total. The van der Waals surface area contributed by atoms with Crippen molar-refractivity contribution in [3.8, 4) is 0 Å². The Balaban J connectivity index is 1.69. The zero-order chi connectivity index (χ0) is 23.5. The maximum Gasteiger partial charge on any atom is 0.243 e. The van der Waals surface area contributed by atoms with E-state index in [1.807, 2.05) is 60.7 Å². The molecule has 0 amide bonds. The van der Waals surface area contributed by atoms with Gasteiger partial charge in [0.2, 0.25) is 10.0 Å². The first-order chi connectivity index (χ1) is 15.7. The summed E-state index contributed by atoms with van der Waals surface area (Å²) in [5.41, 5.74) is 1.77. The second-order valence-electron chi connectivity index (χ2n) is 8.11. The molecule has 0 unspecified atom stereocenters. The standard InChI is InChI=1S/C24H25ClN2O4S2/c25-21-11-13-22(14-12-21)33(30,31)27(16-20-9-5-2-6-10-20)24-18-32(28,29)17-23(24)26-15-19-7-3-1-4-8-19/h1-14,23-24,26H,15-18H2/t23-,24+/m1/s1. The van der Waals surface area contributed by atoms with E-state index in [-0.39, 0.29) is 22.9 Å². The van der Waals surface area contributed by atoms with E-state index in [0.29, 0.717) is 11.6 Å². The van der Waals surface area contributed by atoms with Crippen LogP contribution in [-0.4, -0.2) is 44.7 Å². The van der Waals surface area contributed by atoms with Crippen LogP contribution in [0.4, 0.5) is 0 Å². The Kier molecular flexibility index (Phi) is 7.21. The van der Waals surface area contributed by atoms with Gasteiger partial charge >= 0.3 is 0 Å². The Bertz CT molecular complexity index is 1280. The molecule has 9 heteroatoms. The summed E-state index contributed by atoms with van der Waals surface area (Å²) >= 11 is 5.96. The van der Waals surface area contributed by atoms with Crippen LogP contribution in [0, 0.1) is 0 Å². The van der Waals surface area contributed by atoms with Gasteiger partial charge in [-0.05, 0) is 35.4 Å². The zero-order valence-corrected chi connectivity index (χ0v) is 20.2. The summed E-state index contributed by atoms with van der Waals surface area (Å²) in [7, 11) is -7.42. The third-order valence-corrected chi connectivity index (χ3v) is 9.56. The van der Waals surface area contributed by atoms with Gasteiger partial charge in [0.05, 0.1) is 22.4 Å². The molecule has 33 heavy (non-hydrogen) atoms. The molecule has 2 atom stereocenters. The van der Waals surface area contributed by atoms with Gasteiger partial charge in [-0.2, -0.15) is 4.31 Å². The van der Waals surface area contributed by atoms with Crippen molar-refractivity contribution in [2.24, 2.45) is 0 Å². The lowest BCUT2D eigenvalue weighted by Gasteiger charge is -2.32. The van der Waals surface area contributed by atoms with Crippen molar-refractivity contribution in [3.63, 3.8) is 0 Å². The fraction of sp³-hybridized carbons (Fsp3) is 0.250. The number of nitrogens with zero attached hydrogens (tertiary/aromatic N) is 1. The van der Waals surface area contributed by atoms with Gasteiger partial charge in [0, 0.05) is 24.2 Å². The van der Waals surface area contributed by atoms with Gasteiger partial charge in [0.1, 0.15) is 0 Å². The summed E-state index contributed by atoms with van der Waals surface area (Å²) in [6.07, 6.45) is 0. The average Bonchev–Trinajstić information content (AvgIpc) is 3.11. The molecular weight excluding hydrogens is 480 g/mol. The number of nitrogens with one attached hydrogen (secondary N) is 1. The minimum Gasteiger partial charge on any atom is -0.307 e. The minimum absolute atomic E-state index is 0.0650. The first kappa shape index (κ1) is 23.9. The quantitative estimate of drug-likeness (QED) is 0.507. The molecule has 0 saturated carbocycles. The van der Waals surface area contributed by atoms with Crippen molar-refractivity contribution in [1.29, 1.82) is 0 Å². The van der Waals surface area contributed by atoms with E-state index in [1.54, 1.807) is 0 Å². The molecule has 174 valence electrons. The molecule has 0 aromatic heterocycles. The number of rotatable bonds is 8. The van der Waals surface area contributed by atoms with E-state index in [9.17, 15) is 16.8 Å². The van der Waals surface area contributed by atoms with Crippen LogP contribution in [0.25, 0.3) is 0 Å². The minimum atomic E-state index is -4.00. The van der Waals surface area contributed by atoms with Crippen LogP contribution < -0.4 is 5.32 Å². The van der Waals surface area contributed by atoms with E-state index in [2.05, 4.69) is 5.32 Å². The first-order valence-electron chi connectivity index (χ1n) is 10.5. The fourth-order valence-electron chi connectivity index (χ4n) is 4.04. The van der Waals surface area contributed by atoms with Gasteiger partial charge in [0.15, 0.2) is 9.84 Å². The lowest BCUT2D eigenvalue weighted by Crippen LogP contribution is -2.51. The van der Waals surface area contributed by atoms with Crippen LogP contribution in [-0.2, 0) is 33.0 Å². The van der Waals surface area contributed by atoms with Gasteiger partial charge in [-0.25, -0.2) is 16.8 Å². The number of benzene rings is 3. The molecule has 3 aromatic rings. The average molecular weight is 505 g/mol. The normalized spacial score (nSPS) is 20.2. The molecule has 3 aromatic carbocycles. The van der Waals surface area contributed by atoms with Crippen LogP contribution in [0.2, 0.25) is 5.02 Å². The van der Waals surface area contributed by atoms with Crippen LogP contribution in [0.15, 0.2) is 89.8 Å². The van der Waals surface area contributed by atoms with E-state index in [4.69, 9.17) is 11.6 Å². The fourth-order valence-corrected chi connectivity index (χ4v) is 7.86. The Morgan fingerprint density at radius 3 is 2.03 bits per heavy atom. The van der Waals surface area contributed by atoms with Crippen LogP contribution >= 0.6 is 11.6 Å². The topological polar surface area (TPSA) is 83.6 Å².